The minimum Gasteiger partial charge on any atom is -0.495 e. The number of aryl methyl sites for hydroxylation is 1. The minimum atomic E-state index is -0.366. The first-order chi connectivity index (χ1) is 23.7. The average Bonchev–Trinajstić information content (AvgIpc) is 3.52. The number of piperazine rings is 1. The number of nitrogens with one attached hydrogen (secondary N) is 2. The molecule has 0 atom stereocenters. The molecule has 12 heteroatoms. The van der Waals surface area contributed by atoms with Crippen LogP contribution >= 0.6 is 0 Å². The number of H-pyrrole nitrogens is 1. The van der Waals surface area contributed by atoms with E-state index in [1.807, 2.05) is 36.1 Å². The van der Waals surface area contributed by atoms with E-state index in [1.54, 1.807) is 43.4 Å². The number of nitrogens with zero attached hydrogens (tertiary/aromatic N) is 4. The zero-order chi connectivity index (χ0) is 34.9. The Labute approximate surface area is 286 Å². The van der Waals surface area contributed by atoms with Crippen LogP contribution in [0.15, 0.2) is 65.8 Å². The highest BCUT2D eigenvalue weighted by molar-refractivity contribution is 6.14. The van der Waals surface area contributed by atoms with E-state index in [0.29, 0.717) is 63.6 Å². The molecule has 1 saturated heterocycles. The molecule has 258 valence electrons. The molecule has 5 rings (SSSR count). The zero-order valence-electron chi connectivity index (χ0n) is 28.5. The van der Waals surface area contributed by atoms with Crippen LogP contribution in [0.1, 0.15) is 57.7 Å². The van der Waals surface area contributed by atoms with Gasteiger partial charge in [0.05, 0.1) is 37.0 Å². The lowest BCUT2D eigenvalue weighted by Gasteiger charge is -2.32. The summed E-state index contributed by atoms with van der Waals surface area (Å²) in [4.78, 5) is 48.4. The number of fused-ring (bicyclic) bond motifs is 1. The van der Waals surface area contributed by atoms with Crippen molar-refractivity contribution in [3.05, 3.63) is 83.0 Å². The summed E-state index contributed by atoms with van der Waals surface area (Å²) in [6.07, 6.45) is 4.29. The summed E-state index contributed by atoms with van der Waals surface area (Å²) in [6, 6.07) is 17.6. The Morgan fingerprint density at radius 3 is 2.55 bits per heavy atom. The Morgan fingerprint density at radius 1 is 1.00 bits per heavy atom. The van der Waals surface area contributed by atoms with Crippen LogP contribution < -0.4 is 19.7 Å². The molecule has 3 aromatic carbocycles. The molecule has 0 unspecified atom stereocenters. The number of amides is 3. The highest BCUT2D eigenvalue weighted by Gasteiger charge is 2.21. The summed E-state index contributed by atoms with van der Waals surface area (Å²) >= 11 is 0. The van der Waals surface area contributed by atoms with Crippen molar-refractivity contribution in [1.82, 2.24) is 14.8 Å². The number of benzene rings is 3. The third-order valence-corrected chi connectivity index (χ3v) is 8.75. The monoisotopic (exact) mass is 668 g/mol. The van der Waals surface area contributed by atoms with Gasteiger partial charge in [-0.05, 0) is 87.3 Å². The van der Waals surface area contributed by atoms with E-state index in [0.717, 1.165) is 51.0 Å². The molecular formula is C37H44N6O6. The Hall–Kier alpha value is -5.36. The molecule has 0 radical (unpaired) electrons. The topological polar surface area (TPSA) is 140 Å². The Kier molecular flexibility index (Phi) is 11.5. The number of oxime groups is 1. The third-order valence-electron chi connectivity index (χ3n) is 8.75. The first-order valence-corrected chi connectivity index (χ1v) is 16.4. The van der Waals surface area contributed by atoms with Gasteiger partial charge < -0.3 is 39.7 Å². The maximum Gasteiger partial charge on any atom is 0.258 e. The maximum atomic E-state index is 13.7. The van der Waals surface area contributed by atoms with Crippen molar-refractivity contribution in [3.63, 3.8) is 0 Å². The van der Waals surface area contributed by atoms with Crippen molar-refractivity contribution < 1.29 is 29.1 Å². The van der Waals surface area contributed by atoms with E-state index in [4.69, 9.17) is 14.7 Å². The minimum absolute atomic E-state index is 0.223. The van der Waals surface area contributed by atoms with Crippen LogP contribution in [0.25, 0.3) is 10.9 Å². The van der Waals surface area contributed by atoms with Crippen LogP contribution in [0, 0.1) is 6.92 Å². The second kappa shape index (κ2) is 16.2. The molecule has 0 spiro atoms. The predicted octanol–water partition coefficient (Wildman–Crippen LogP) is 5.54. The number of rotatable bonds is 13. The van der Waals surface area contributed by atoms with Crippen molar-refractivity contribution >= 4 is 46.2 Å². The van der Waals surface area contributed by atoms with Gasteiger partial charge in [0.25, 0.3) is 11.8 Å². The Morgan fingerprint density at radius 2 is 1.80 bits per heavy atom. The standard InChI is InChI=1S/C37H44N6O6/c1-25-12-15-32(34(21-25)49-20-7-5-6-11-35(44)43-18-16-41(2)17-19-43)42(3)37(46)26-13-14-31(33(22-26)48-4)40-36(45)28-9-8-10-30-29(28)23-27(39-30)24-38-47/h8-10,12-15,21-24,39,47H,5-7,11,16-20H2,1-4H3,(H,40,45)/b38-24-. The number of carbonyl (C=O) groups is 3. The molecule has 3 N–H and O–H groups in total. The van der Waals surface area contributed by atoms with Crippen molar-refractivity contribution in [2.24, 2.45) is 5.16 Å². The van der Waals surface area contributed by atoms with Gasteiger partial charge in [-0.2, -0.15) is 0 Å². The highest BCUT2D eigenvalue weighted by atomic mass is 16.5. The molecule has 1 aliphatic heterocycles. The molecule has 0 aliphatic carbocycles. The number of aromatic amines is 1. The second-order valence-electron chi connectivity index (χ2n) is 12.3. The number of anilines is 2. The van der Waals surface area contributed by atoms with Crippen molar-refractivity contribution in [1.29, 1.82) is 0 Å². The fraction of sp³-hybridized carbons (Fsp3) is 0.351. The number of hydrogen-bond donors (Lipinski definition) is 3. The van der Waals surface area contributed by atoms with Gasteiger partial charge in [-0.25, -0.2) is 0 Å². The number of ether oxygens (including phenoxy) is 2. The van der Waals surface area contributed by atoms with Crippen LogP contribution in [0.2, 0.25) is 0 Å². The maximum absolute atomic E-state index is 13.7. The molecule has 4 aromatic rings. The fourth-order valence-electron chi connectivity index (χ4n) is 5.89. The van der Waals surface area contributed by atoms with E-state index in [-0.39, 0.29) is 17.7 Å². The molecule has 3 amide bonds. The molecule has 0 saturated carbocycles. The van der Waals surface area contributed by atoms with Crippen LogP contribution in [0.3, 0.4) is 0 Å². The molecule has 1 fully saturated rings. The Bertz CT molecular complexity index is 1830. The van der Waals surface area contributed by atoms with Crippen molar-refractivity contribution in [2.45, 2.75) is 32.6 Å². The third kappa shape index (κ3) is 8.57. The quantitative estimate of drug-likeness (QED) is 0.0736. The summed E-state index contributed by atoms with van der Waals surface area (Å²) in [6.45, 7) is 5.87. The SMILES string of the molecule is COc1cc(C(=O)N(C)c2ccc(C)cc2OCCCCCC(=O)N2CCN(C)CC2)ccc1NC(=O)c1cccc2[nH]c(/C=N\O)cc12. The zero-order valence-corrected chi connectivity index (χ0v) is 28.5. The number of carbonyl (C=O) groups excluding carboxylic acids is 3. The lowest BCUT2D eigenvalue weighted by molar-refractivity contribution is -0.132. The van der Waals surface area contributed by atoms with Gasteiger partial charge in [0.1, 0.15) is 11.5 Å². The number of unbranched alkanes of at least 4 members (excludes halogenated alkanes) is 2. The average molecular weight is 669 g/mol. The number of methoxy groups -OCH3 is 1. The molecule has 2 heterocycles. The molecule has 1 aliphatic rings. The van der Waals surface area contributed by atoms with Crippen LogP contribution in [-0.4, -0.2) is 97.9 Å². The van der Waals surface area contributed by atoms with Gasteiger partial charge in [0, 0.05) is 61.7 Å². The lowest BCUT2D eigenvalue weighted by Crippen LogP contribution is -2.47. The van der Waals surface area contributed by atoms with Gasteiger partial charge >= 0.3 is 0 Å². The van der Waals surface area contributed by atoms with E-state index < -0.39 is 0 Å². The first kappa shape index (κ1) is 35.0. The first-order valence-electron chi connectivity index (χ1n) is 16.4. The van der Waals surface area contributed by atoms with E-state index in [9.17, 15) is 14.4 Å². The van der Waals surface area contributed by atoms with Gasteiger partial charge in [-0.3, -0.25) is 14.4 Å². The van der Waals surface area contributed by atoms with Crippen LogP contribution in [0.5, 0.6) is 11.5 Å². The van der Waals surface area contributed by atoms with Gasteiger partial charge in [0.2, 0.25) is 5.91 Å². The highest BCUT2D eigenvalue weighted by Crippen LogP contribution is 2.32. The smallest absolute Gasteiger partial charge is 0.258 e. The summed E-state index contributed by atoms with van der Waals surface area (Å²) in [5.41, 5.74) is 4.09. The summed E-state index contributed by atoms with van der Waals surface area (Å²) in [5, 5.41) is 15.5. The Balaban J connectivity index is 1.20. The largest absolute Gasteiger partial charge is 0.495 e. The normalized spacial score (nSPS) is 13.5. The van der Waals surface area contributed by atoms with Crippen LogP contribution in [-0.2, 0) is 4.79 Å². The summed E-state index contributed by atoms with van der Waals surface area (Å²) in [7, 11) is 5.25. The van der Waals surface area contributed by atoms with Crippen LogP contribution in [0.4, 0.5) is 11.4 Å². The lowest BCUT2D eigenvalue weighted by atomic mass is 10.1. The molecular weight excluding hydrogens is 624 g/mol. The molecule has 12 nitrogen and oxygen atoms in total. The molecule has 0 bridgehead atoms. The summed E-state index contributed by atoms with van der Waals surface area (Å²) in [5.74, 6) is 0.513. The van der Waals surface area contributed by atoms with E-state index in [1.165, 1.54) is 18.2 Å². The fourth-order valence-corrected chi connectivity index (χ4v) is 5.89. The number of likely N-dealkylation sites (N-methyl/N-ethyl adjacent to an activating group) is 1. The van der Waals surface area contributed by atoms with Crippen molar-refractivity contribution in [2.75, 3.05) is 64.2 Å². The second-order valence-corrected chi connectivity index (χ2v) is 12.3. The van der Waals surface area contributed by atoms with E-state index >= 15 is 0 Å². The van der Waals surface area contributed by atoms with E-state index in [2.05, 4.69) is 27.4 Å². The molecule has 1 aromatic heterocycles. The summed E-state index contributed by atoms with van der Waals surface area (Å²) < 4.78 is 11.7. The van der Waals surface area contributed by atoms with Crippen molar-refractivity contribution in [3.8, 4) is 11.5 Å². The van der Waals surface area contributed by atoms with Gasteiger partial charge in [-0.1, -0.05) is 17.3 Å². The number of aromatic nitrogens is 1. The number of hydrogen-bond acceptors (Lipinski definition) is 8. The van der Waals surface area contributed by atoms with Gasteiger partial charge in [0.15, 0.2) is 0 Å². The molecule has 49 heavy (non-hydrogen) atoms. The predicted molar refractivity (Wildman–Crippen MR) is 191 cm³/mol. The van der Waals surface area contributed by atoms with Gasteiger partial charge in [-0.15, -0.1) is 0 Å².